The number of carbonyl (C=O) groups is 2. The van der Waals surface area contributed by atoms with E-state index in [-0.39, 0.29) is 23.1 Å². The molecule has 2 aromatic carbocycles. The molecule has 0 spiro atoms. The summed E-state index contributed by atoms with van der Waals surface area (Å²) in [6.45, 7) is 0. The number of nitrogens with zero attached hydrogens (tertiary/aromatic N) is 1. The quantitative estimate of drug-likeness (QED) is 0.879. The molecule has 0 aliphatic carbocycles. The van der Waals surface area contributed by atoms with E-state index in [0.29, 0.717) is 11.4 Å². The topological polar surface area (TPSA) is 84.7 Å². The maximum Gasteiger partial charge on any atom is 0.312 e. The van der Waals surface area contributed by atoms with E-state index in [1.54, 1.807) is 19.2 Å². The number of primary amides is 1. The summed E-state index contributed by atoms with van der Waals surface area (Å²) >= 11 is 6.04. The number of benzene rings is 2. The molecule has 8 heteroatoms. The predicted octanol–water partition coefficient (Wildman–Crippen LogP) is 2.83. The number of halogens is 2. The molecule has 1 aliphatic heterocycles. The van der Waals surface area contributed by atoms with Gasteiger partial charge in [-0.15, -0.1) is 0 Å². The number of nitrogens with two attached hydrogens (primary N) is 1. The maximum atomic E-state index is 13.4. The molecular formula is C17H15ClFN3O3. The van der Waals surface area contributed by atoms with Gasteiger partial charge < -0.3 is 20.7 Å². The van der Waals surface area contributed by atoms with Gasteiger partial charge in [-0.2, -0.15) is 0 Å². The SMILES string of the molecule is CN1C(=O)[C@H](NC(N)=O)Cc2cccc(Oc3cc(F)ccc3Cl)c21. The highest BCUT2D eigenvalue weighted by molar-refractivity contribution is 6.32. The van der Waals surface area contributed by atoms with Crippen LogP contribution in [0.2, 0.25) is 5.02 Å². The zero-order chi connectivity index (χ0) is 18.1. The molecular weight excluding hydrogens is 349 g/mol. The van der Waals surface area contributed by atoms with E-state index in [1.807, 2.05) is 6.07 Å². The van der Waals surface area contributed by atoms with Crippen LogP contribution in [-0.2, 0) is 11.2 Å². The minimum Gasteiger partial charge on any atom is -0.453 e. The molecule has 1 heterocycles. The first-order chi connectivity index (χ1) is 11.9. The molecule has 130 valence electrons. The van der Waals surface area contributed by atoms with Gasteiger partial charge in [-0.1, -0.05) is 23.7 Å². The van der Waals surface area contributed by atoms with Crippen LogP contribution in [-0.4, -0.2) is 25.0 Å². The zero-order valence-electron chi connectivity index (χ0n) is 13.3. The lowest BCUT2D eigenvalue weighted by atomic mass is 9.97. The summed E-state index contributed by atoms with van der Waals surface area (Å²) in [6, 6.07) is 7.49. The predicted molar refractivity (Wildman–Crippen MR) is 91.5 cm³/mol. The van der Waals surface area contributed by atoms with Crippen LogP contribution in [0.25, 0.3) is 0 Å². The number of urea groups is 1. The van der Waals surface area contributed by atoms with Crippen LogP contribution in [0.4, 0.5) is 14.9 Å². The van der Waals surface area contributed by atoms with Crippen LogP contribution in [0.5, 0.6) is 11.5 Å². The number of nitrogens with one attached hydrogen (secondary N) is 1. The highest BCUT2D eigenvalue weighted by Gasteiger charge is 2.33. The van der Waals surface area contributed by atoms with Crippen LogP contribution in [0, 0.1) is 5.82 Å². The fourth-order valence-electron chi connectivity index (χ4n) is 2.81. The Labute approximate surface area is 148 Å². The molecule has 2 aromatic rings. The molecule has 0 aromatic heterocycles. The molecule has 0 saturated heterocycles. The van der Waals surface area contributed by atoms with Gasteiger partial charge in [-0.25, -0.2) is 9.18 Å². The lowest BCUT2D eigenvalue weighted by Gasteiger charge is -2.32. The molecule has 0 bridgehead atoms. The summed E-state index contributed by atoms with van der Waals surface area (Å²) in [7, 11) is 1.57. The Morgan fingerprint density at radius 1 is 1.36 bits per heavy atom. The highest BCUT2D eigenvalue weighted by atomic mass is 35.5. The number of likely N-dealkylation sites (N-methyl/N-ethyl adjacent to an activating group) is 1. The van der Waals surface area contributed by atoms with E-state index in [9.17, 15) is 14.0 Å². The normalized spacial score (nSPS) is 16.4. The third-order valence-corrected chi connectivity index (χ3v) is 4.21. The molecule has 0 fully saturated rings. The Balaban J connectivity index is 1.98. The van der Waals surface area contributed by atoms with E-state index in [4.69, 9.17) is 22.1 Å². The lowest BCUT2D eigenvalue weighted by molar-refractivity contribution is -0.120. The fourth-order valence-corrected chi connectivity index (χ4v) is 2.96. The van der Waals surface area contributed by atoms with Gasteiger partial charge in [-0.3, -0.25) is 4.79 Å². The average molecular weight is 364 g/mol. The van der Waals surface area contributed by atoms with Crippen molar-refractivity contribution >= 4 is 29.2 Å². The van der Waals surface area contributed by atoms with E-state index in [1.165, 1.54) is 23.1 Å². The number of amides is 3. The molecule has 1 atom stereocenters. The number of para-hydroxylation sites is 1. The Kier molecular flexibility index (Phi) is 4.50. The molecule has 3 amide bonds. The standard InChI is InChI=1S/C17H15ClFN3O3/c1-22-15-9(7-12(16(22)23)21-17(20)24)3-2-4-13(15)25-14-8-10(19)5-6-11(14)18/h2-6,8,12H,7H2,1H3,(H3,20,21,24)/t12-/m1/s1. The fraction of sp³-hybridized carbons (Fsp3) is 0.176. The maximum absolute atomic E-state index is 13.4. The number of hydrogen-bond donors (Lipinski definition) is 2. The number of hydrogen-bond acceptors (Lipinski definition) is 3. The molecule has 0 saturated carbocycles. The average Bonchev–Trinajstić information content (AvgIpc) is 2.55. The van der Waals surface area contributed by atoms with Crippen molar-refractivity contribution in [2.75, 3.05) is 11.9 Å². The van der Waals surface area contributed by atoms with Crippen LogP contribution in [0.15, 0.2) is 36.4 Å². The van der Waals surface area contributed by atoms with E-state index < -0.39 is 17.9 Å². The summed E-state index contributed by atoms with van der Waals surface area (Å²) in [5.74, 6) is -0.307. The van der Waals surface area contributed by atoms with E-state index in [2.05, 4.69) is 5.32 Å². The second-order valence-corrected chi connectivity index (χ2v) is 6.01. The number of rotatable bonds is 3. The summed E-state index contributed by atoms with van der Waals surface area (Å²) in [4.78, 5) is 24.9. The van der Waals surface area contributed by atoms with Gasteiger partial charge >= 0.3 is 6.03 Å². The summed E-state index contributed by atoms with van der Waals surface area (Å²) < 4.78 is 19.2. The smallest absolute Gasteiger partial charge is 0.312 e. The van der Waals surface area contributed by atoms with Crippen molar-refractivity contribution < 1.29 is 18.7 Å². The Hall–Kier alpha value is -2.80. The number of anilines is 1. The van der Waals surface area contributed by atoms with Gasteiger partial charge in [0.1, 0.15) is 17.6 Å². The van der Waals surface area contributed by atoms with Gasteiger partial charge in [0, 0.05) is 19.5 Å². The van der Waals surface area contributed by atoms with Crippen LogP contribution in [0.1, 0.15) is 5.56 Å². The molecule has 25 heavy (non-hydrogen) atoms. The van der Waals surface area contributed by atoms with Crippen molar-refractivity contribution in [2.45, 2.75) is 12.5 Å². The number of carbonyl (C=O) groups excluding carboxylic acids is 2. The first kappa shape index (κ1) is 17.0. The molecule has 1 aliphatic rings. The Morgan fingerprint density at radius 2 is 2.12 bits per heavy atom. The monoisotopic (exact) mass is 363 g/mol. The molecule has 0 radical (unpaired) electrons. The second-order valence-electron chi connectivity index (χ2n) is 5.60. The largest absolute Gasteiger partial charge is 0.453 e. The van der Waals surface area contributed by atoms with Gasteiger partial charge in [0.15, 0.2) is 5.75 Å². The van der Waals surface area contributed by atoms with Crippen molar-refractivity contribution in [1.29, 1.82) is 0 Å². The van der Waals surface area contributed by atoms with Crippen molar-refractivity contribution in [3.05, 3.63) is 52.8 Å². The molecule has 0 unspecified atom stereocenters. The lowest BCUT2D eigenvalue weighted by Crippen LogP contribution is -2.53. The van der Waals surface area contributed by atoms with E-state index >= 15 is 0 Å². The van der Waals surface area contributed by atoms with Gasteiger partial charge in [0.25, 0.3) is 0 Å². The minimum atomic E-state index is -0.769. The number of ether oxygens (including phenoxy) is 1. The Morgan fingerprint density at radius 3 is 2.84 bits per heavy atom. The third-order valence-electron chi connectivity index (χ3n) is 3.90. The molecule has 3 N–H and O–H groups in total. The first-order valence-electron chi connectivity index (χ1n) is 7.45. The van der Waals surface area contributed by atoms with Crippen molar-refractivity contribution in [3.8, 4) is 11.5 Å². The van der Waals surface area contributed by atoms with Gasteiger partial charge in [0.2, 0.25) is 5.91 Å². The Bertz CT molecular complexity index is 859. The van der Waals surface area contributed by atoms with Crippen molar-refractivity contribution in [2.24, 2.45) is 5.73 Å². The highest BCUT2D eigenvalue weighted by Crippen LogP contribution is 2.40. The first-order valence-corrected chi connectivity index (χ1v) is 7.83. The molecule has 3 rings (SSSR count). The second kappa shape index (κ2) is 6.60. The van der Waals surface area contributed by atoms with Crippen molar-refractivity contribution in [3.63, 3.8) is 0 Å². The minimum absolute atomic E-state index is 0.147. The molecule has 6 nitrogen and oxygen atoms in total. The van der Waals surface area contributed by atoms with Crippen molar-refractivity contribution in [1.82, 2.24) is 5.32 Å². The van der Waals surface area contributed by atoms with Gasteiger partial charge in [0.05, 0.1) is 10.7 Å². The third kappa shape index (κ3) is 3.36. The van der Waals surface area contributed by atoms with Crippen LogP contribution < -0.4 is 20.7 Å². The summed E-state index contributed by atoms with van der Waals surface area (Å²) in [5, 5.41) is 2.67. The van der Waals surface area contributed by atoms with Crippen LogP contribution >= 0.6 is 11.6 Å². The zero-order valence-corrected chi connectivity index (χ0v) is 14.0. The van der Waals surface area contributed by atoms with E-state index in [0.717, 1.165) is 5.56 Å². The number of fused-ring (bicyclic) bond motifs is 1. The van der Waals surface area contributed by atoms with Crippen LogP contribution in [0.3, 0.4) is 0 Å². The summed E-state index contributed by atoms with van der Waals surface area (Å²) in [5.41, 5.74) is 6.44. The summed E-state index contributed by atoms with van der Waals surface area (Å²) in [6.07, 6.45) is 0.273. The van der Waals surface area contributed by atoms with Gasteiger partial charge in [-0.05, 0) is 23.8 Å².